The fraction of sp³-hybridized carbons (Fsp3) is 0.850. The fourth-order valence-electron chi connectivity index (χ4n) is 3.54. The van der Waals surface area contributed by atoms with E-state index in [0.717, 1.165) is 19.3 Å². The van der Waals surface area contributed by atoms with Gasteiger partial charge in [-0.2, -0.15) is 13.2 Å². The van der Waals surface area contributed by atoms with Gasteiger partial charge in [-0.3, -0.25) is 14.4 Å². The zero-order valence-corrected chi connectivity index (χ0v) is 18.1. The van der Waals surface area contributed by atoms with E-state index in [4.69, 9.17) is 0 Å². The van der Waals surface area contributed by atoms with Gasteiger partial charge in [-0.25, -0.2) is 0 Å². The number of likely N-dealkylation sites (tertiary alicyclic amines) is 1. The third-order valence-electron chi connectivity index (χ3n) is 6.00. The second-order valence-electron chi connectivity index (χ2n) is 7.97. The molecule has 0 aromatic carbocycles. The number of carbonyl (C=O) groups excluding carboxylic acids is 3. The molecule has 1 unspecified atom stereocenters. The van der Waals surface area contributed by atoms with E-state index >= 15 is 0 Å². The third kappa shape index (κ3) is 6.58. The topological polar surface area (TPSA) is 98.7 Å². The molecule has 3 atom stereocenters. The molecule has 1 aliphatic heterocycles. The summed E-state index contributed by atoms with van der Waals surface area (Å²) in [6.45, 7) is 7.54. The summed E-state index contributed by atoms with van der Waals surface area (Å²) in [6, 6.07) is -2.80. The van der Waals surface area contributed by atoms with Crippen molar-refractivity contribution in [2.24, 2.45) is 5.92 Å². The van der Waals surface area contributed by atoms with Crippen molar-refractivity contribution in [3.05, 3.63) is 0 Å². The van der Waals surface area contributed by atoms with Crippen molar-refractivity contribution < 1.29 is 32.7 Å². The molecule has 1 fully saturated rings. The molecule has 0 aromatic heterocycles. The normalized spacial score (nSPS) is 18.3. The molecule has 0 aromatic rings. The average molecular weight is 438 g/mol. The number of amides is 3. The Balaban J connectivity index is 3.15. The fourth-order valence-corrected chi connectivity index (χ4v) is 3.54. The summed E-state index contributed by atoms with van der Waals surface area (Å²) in [5, 5.41) is 15.2. The quantitative estimate of drug-likeness (QED) is 0.515. The molecular weight excluding hydrogens is 403 g/mol. The number of nitrogens with one attached hydrogen (secondary N) is 2. The van der Waals surface area contributed by atoms with E-state index in [0.29, 0.717) is 19.5 Å². The Bertz CT molecular complexity index is 603. The summed E-state index contributed by atoms with van der Waals surface area (Å²) in [5.41, 5.74) is -1.56. The van der Waals surface area contributed by atoms with Crippen LogP contribution in [0.1, 0.15) is 66.2 Å². The summed E-state index contributed by atoms with van der Waals surface area (Å²) in [7, 11) is 0. The first kappa shape index (κ1) is 26.2. The second kappa shape index (κ2) is 11.0. The third-order valence-corrected chi connectivity index (χ3v) is 6.00. The summed E-state index contributed by atoms with van der Waals surface area (Å²) in [6.07, 6.45) is -1.89. The molecule has 0 spiro atoms. The zero-order valence-electron chi connectivity index (χ0n) is 18.1. The lowest BCUT2D eigenvalue weighted by atomic mass is 9.86. The molecule has 1 aliphatic rings. The van der Waals surface area contributed by atoms with Crippen LogP contribution in [0, 0.1) is 5.92 Å². The van der Waals surface area contributed by atoms with Gasteiger partial charge in [0, 0.05) is 13.1 Å². The highest BCUT2D eigenvalue weighted by molar-refractivity contribution is 5.93. The average Bonchev–Trinajstić information content (AvgIpc) is 2.73. The Labute approximate surface area is 175 Å². The molecule has 3 amide bonds. The van der Waals surface area contributed by atoms with Crippen molar-refractivity contribution in [3.8, 4) is 0 Å². The lowest BCUT2D eigenvalue weighted by Crippen LogP contribution is -2.64. The van der Waals surface area contributed by atoms with Crippen molar-refractivity contribution in [3.63, 3.8) is 0 Å². The van der Waals surface area contributed by atoms with Crippen molar-refractivity contribution in [1.82, 2.24) is 15.5 Å². The zero-order chi connectivity index (χ0) is 23.1. The second-order valence-corrected chi connectivity index (χ2v) is 7.97. The predicted molar refractivity (Wildman–Crippen MR) is 105 cm³/mol. The molecule has 0 radical (unpaired) electrons. The van der Waals surface area contributed by atoms with Crippen LogP contribution in [-0.4, -0.2) is 64.7 Å². The molecule has 0 bridgehead atoms. The molecule has 0 saturated carbocycles. The molecule has 174 valence electrons. The number of alkyl halides is 3. The van der Waals surface area contributed by atoms with E-state index in [-0.39, 0.29) is 12.8 Å². The first-order chi connectivity index (χ1) is 13.9. The number of hydrogen-bond donors (Lipinski definition) is 3. The molecule has 7 nitrogen and oxygen atoms in total. The van der Waals surface area contributed by atoms with E-state index in [1.165, 1.54) is 6.92 Å². The lowest BCUT2D eigenvalue weighted by molar-refractivity contribution is -0.175. The van der Waals surface area contributed by atoms with Crippen LogP contribution in [0.2, 0.25) is 0 Å². The molecule has 10 heteroatoms. The van der Waals surface area contributed by atoms with E-state index in [1.807, 2.05) is 0 Å². The Hall–Kier alpha value is -1.84. The van der Waals surface area contributed by atoms with Gasteiger partial charge in [-0.05, 0) is 38.0 Å². The molecule has 1 heterocycles. The Morgan fingerprint density at radius 1 is 1.00 bits per heavy atom. The maximum absolute atomic E-state index is 13.1. The number of piperidine rings is 1. The SMILES string of the molecule is CC[C@H](C)[C@H](NC(=O)C(F)(F)F)C(=O)NC(C(=O)N1CCCCC1)C(O)(CC)CC. The highest BCUT2D eigenvalue weighted by atomic mass is 19.4. The van der Waals surface area contributed by atoms with Crippen molar-refractivity contribution >= 4 is 17.7 Å². The van der Waals surface area contributed by atoms with Gasteiger partial charge in [0.1, 0.15) is 12.1 Å². The smallest absolute Gasteiger partial charge is 0.387 e. The lowest BCUT2D eigenvalue weighted by Gasteiger charge is -2.39. The van der Waals surface area contributed by atoms with Gasteiger partial charge in [0.15, 0.2) is 0 Å². The molecule has 1 saturated heterocycles. The monoisotopic (exact) mass is 437 g/mol. The maximum atomic E-state index is 13.1. The standard InChI is InChI=1S/C20H34F3N3O4/c1-5-13(4)14(24-18(29)20(21,22)23)16(27)25-15(19(30,6-2)7-3)17(28)26-11-9-8-10-12-26/h13-15,30H,5-12H2,1-4H3,(H,24,29)(H,25,27)/t13-,14-,15?/m0/s1. The van der Waals surface area contributed by atoms with Gasteiger partial charge < -0.3 is 20.6 Å². The molecule has 30 heavy (non-hydrogen) atoms. The van der Waals surface area contributed by atoms with Gasteiger partial charge in [0.2, 0.25) is 11.8 Å². The number of halogens is 3. The van der Waals surface area contributed by atoms with Crippen LogP contribution in [0.25, 0.3) is 0 Å². The number of carbonyl (C=O) groups is 3. The van der Waals surface area contributed by atoms with Crippen LogP contribution in [0.15, 0.2) is 0 Å². The minimum Gasteiger partial charge on any atom is -0.387 e. The number of rotatable bonds is 9. The van der Waals surface area contributed by atoms with Gasteiger partial charge in [-0.15, -0.1) is 0 Å². The van der Waals surface area contributed by atoms with Gasteiger partial charge >= 0.3 is 12.1 Å². The Morgan fingerprint density at radius 3 is 1.97 bits per heavy atom. The largest absolute Gasteiger partial charge is 0.471 e. The van der Waals surface area contributed by atoms with Crippen molar-refractivity contribution in [1.29, 1.82) is 0 Å². The van der Waals surface area contributed by atoms with Crippen LogP contribution in [0.5, 0.6) is 0 Å². The van der Waals surface area contributed by atoms with Gasteiger partial charge in [0.25, 0.3) is 0 Å². The Kier molecular flexibility index (Phi) is 9.58. The van der Waals surface area contributed by atoms with Gasteiger partial charge in [0.05, 0.1) is 5.60 Å². The molecule has 1 rings (SSSR count). The van der Waals surface area contributed by atoms with E-state index in [1.54, 1.807) is 31.0 Å². The van der Waals surface area contributed by atoms with E-state index < -0.39 is 47.5 Å². The Morgan fingerprint density at radius 2 is 1.53 bits per heavy atom. The summed E-state index contributed by atoms with van der Waals surface area (Å²) >= 11 is 0. The first-order valence-electron chi connectivity index (χ1n) is 10.6. The van der Waals surface area contributed by atoms with Crippen LogP contribution in [0.4, 0.5) is 13.2 Å². The van der Waals surface area contributed by atoms with Crippen LogP contribution >= 0.6 is 0 Å². The number of hydrogen-bond acceptors (Lipinski definition) is 4. The maximum Gasteiger partial charge on any atom is 0.471 e. The van der Waals surface area contributed by atoms with Crippen LogP contribution in [0.3, 0.4) is 0 Å². The number of nitrogens with zero attached hydrogens (tertiary/aromatic N) is 1. The molecule has 0 aliphatic carbocycles. The van der Waals surface area contributed by atoms with Crippen LogP contribution in [-0.2, 0) is 14.4 Å². The predicted octanol–water partition coefficient (Wildman–Crippen LogP) is 2.13. The minimum absolute atomic E-state index is 0.164. The van der Waals surface area contributed by atoms with Crippen LogP contribution < -0.4 is 10.6 Å². The van der Waals surface area contributed by atoms with E-state index in [2.05, 4.69) is 5.32 Å². The van der Waals surface area contributed by atoms with Crippen molar-refractivity contribution in [2.45, 2.75) is 90.1 Å². The minimum atomic E-state index is -5.14. The molecular formula is C20H34F3N3O4. The van der Waals surface area contributed by atoms with E-state index in [9.17, 15) is 32.7 Å². The highest BCUT2D eigenvalue weighted by Gasteiger charge is 2.45. The van der Waals surface area contributed by atoms with Gasteiger partial charge in [-0.1, -0.05) is 34.1 Å². The highest BCUT2D eigenvalue weighted by Crippen LogP contribution is 2.24. The summed E-state index contributed by atoms with van der Waals surface area (Å²) in [5.74, 6) is -4.21. The summed E-state index contributed by atoms with van der Waals surface area (Å²) < 4.78 is 38.2. The number of aliphatic hydroxyl groups is 1. The molecule has 3 N–H and O–H groups in total. The first-order valence-corrected chi connectivity index (χ1v) is 10.6. The summed E-state index contributed by atoms with van der Waals surface area (Å²) in [4.78, 5) is 39.0. The van der Waals surface area contributed by atoms with Crippen molar-refractivity contribution in [2.75, 3.05) is 13.1 Å².